The third-order valence-electron chi connectivity index (χ3n) is 2.56. The van der Waals surface area contributed by atoms with Crippen LogP contribution in [0.1, 0.15) is 39.5 Å². The molecule has 0 aromatic heterocycles. The first-order chi connectivity index (χ1) is 5.86. The number of hydrogen-bond acceptors (Lipinski definition) is 1. The molecule has 0 atom stereocenters. The largest absolute Gasteiger partial charge is 0.330 e. The van der Waals surface area contributed by atoms with E-state index in [0.717, 1.165) is 18.4 Å². The van der Waals surface area contributed by atoms with Crippen molar-refractivity contribution in [1.29, 1.82) is 0 Å². The second kappa shape index (κ2) is 7.35. The lowest BCUT2D eigenvalue weighted by Crippen LogP contribution is -2.20. The van der Waals surface area contributed by atoms with Crippen LogP contribution < -0.4 is 5.73 Å². The minimum Gasteiger partial charge on any atom is -0.330 e. The van der Waals surface area contributed by atoms with Gasteiger partial charge in [-0.2, -0.15) is 0 Å². The smallest absolute Gasteiger partial charge is 0.00489 e. The quantitative estimate of drug-likeness (QED) is 0.632. The molecule has 1 nitrogen and oxygen atoms in total. The molecule has 12 heavy (non-hydrogen) atoms. The highest BCUT2D eigenvalue weighted by Gasteiger charge is 2.17. The van der Waals surface area contributed by atoms with Crippen molar-refractivity contribution in [3.63, 3.8) is 0 Å². The summed E-state index contributed by atoms with van der Waals surface area (Å²) < 4.78 is 0. The van der Waals surface area contributed by atoms with Gasteiger partial charge in [-0.15, -0.1) is 6.58 Å². The van der Waals surface area contributed by atoms with E-state index in [1.807, 2.05) is 13.8 Å². The molecule has 0 heterocycles. The summed E-state index contributed by atoms with van der Waals surface area (Å²) in [6.45, 7) is 8.68. The first-order valence-electron chi connectivity index (χ1n) is 5.19. The van der Waals surface area contributed by atoms with Gasteiger partial charge in [0.05, 0.1) is 0 Å². The monoisotopic (exact) mass is 169 g/mol. The minimum atomic E-state index is 0.780. The Hall–Kier alpha value is -0.300. The van der Waals surface area contributed by atoms with Gasteiger partial charge in [-0.3, -0.25) is 0 Å². The molecule has 0 saturated heterocycles. The molecule has 0 aliphatic heterocycles. The third kappa shape index (κ3) is 3.91. The van der Waals surface area contributed by atoms with Crippen LogP contribution in [-0.2, 0) is 0 Å². The van der Waals surface area contributed by atoms with Gasteiger partial charge in [-0.05, 0) is 44.1 Å². The summed E-state index contributed by atoms with van der Waals surface area (Å²) in [6, 6.07) is 0. The van der Waals surface area contributed by atoms with E-state index >= 15 is 0 Å². The average molecular weight is 169 g/mol. The highest BCUT2D eigenvalue weighted by molar-refractivity contribution is 4.83. The Bertz CT molecular complexity index is 102. The van der Waals surface area contributed by atoms with E-state index < -0.39 is 0 Å². The maximum atomic E-state index is 5.56. The zero-order chi connectivity index (χ0) is 9.40. The van der Waals surface area contributed by atoms with Gasteiger partial charge >= 0.3 is 0 Å². The van der Waals surface area contributed by atoms with E-state index in [2.05, 4.69) is 12.7 Å². The van der Waals surface area contributed by atoms with Gasteiger partial charge in [0, 0.05) is 0 Å². The summed E-state index contributed by atoms with van der Waals surface area (Å²) in [5.41, 5.74) is 5.56. The normalized spacial score (nSPS) is 28.6. The van der Waals surface area contributed by atoms with Gasteiger partial charge in [0.15, 0.2) is 0 Å². The van der Waals surface area contributed by atoms with Gasteiger partial charge in [0.1, 0.15) is 0 Å². The van der Waals surface area contributed by atoms with Crippen molar-refractivity contribution < 1.29 is 0 Å². The fraction of sp³-hybridized carbons (Fsp3) is 0.818. The molecule has 1 aliphatic rings. The second-order valence-electron chi connectivity index (χ2n) is 3.25. The molecule has 0 radical (unpaired) electrons. The van der Waals surface area contributed by atoms with Gasteiger partial charge in [0.25, 0.3) is 0 Å². The van der Waals surface area contributed by atoms with Crippen LogP contribution in [0, 0.1) is 11.8 Å². The fourth-order valence-corrected chi connectivity index (χ4v) is 1.66. The lowest BCUT2D eigenvalue weighted by Gasteiger charge is -2.25. The Morgan fingerprint density at radius 2 is 1.75 bits per heavy atom. The summed E-state index contributed by atoms with van der Waals surface area (Å²) in [6.07, 6.45) is 7.34. The summed E-state index contributed by atoms with van der Waals surface area (Å²) in [5.74, 6) is 1.58. The van der Waals surface area contributed by atoms with E-state index in [0.29, 0.717) is 0 Å². The molecule has 72 valence electrons. The molecule has 0 unspecified atom stereocenters. The van der Waals surface area contributed by atoms with Crippen LogP contribution in [0.15, 0.2) is 12.7 Å². The van der Waals surface area contributed by atoms with Crippen molar-refractivity contribution in [2.45, 2.75) is 39.5 Å². The highest BCUT2D eigenvalue weighted by Crippen LogP contribution is 2.28. The zero-order valence-electron chi connectivity index (χ0n) is 8.55. The number of hydrogen-bond donors (Lipinski definition) is 1. The van der Waals surface area contributed by atoms with E-state index in [1.54, 1.807) is 0 Å². The Morgan fingerprint density at radius 3 is 2.08 bits per heavy atom. The van der Waals surface area contributed by atoms with E-state index in [9.17, 15) is 0 Å². The Labute approximate surface area is 77.0 Å². The van der Waals surface area contributed by atoms with Crippen molar-refractivity contribution in [3.8, 4) is 0 Å². The van der Waals surface area contributed by atoms with Crippen LogP contribution in [0.5, 0.6) is 0 Å². The van der Waals surface area contributed by atoms with Gasteiger partial charge in [-0.25, -0.2) is 0 Å². The molecular weight excluding hydrogens is 146 g/mol. The van der Waals surface area contributed by atoms with Crippen molar-refractivity contribution in [1.82, 2.24) is 0 Å². The van der Waals surface area contributed by atoms with Crippen molar-refractivity contribution in [3.05, 3.63) is 12.7 Å². The van der Waals surface area contributed by atoms with Crippen LogP contribution >= 0.6 is 0 Å². The van der Waals surface area contributed by atoms with Crippen LogP contribution in [-0.4, -0.2) is 6.54 Å². The van der Waals surface area contributed by atoms with Crippen molar-refractivity contribution >= 4 is 0 Å². The summed E-state index contributed by atoms with van der Waals surface area (Å²) >= 11 is 0. The zero-order valence-corrected chi connectivity index (χ0v) is 8.55. The predicted octanol–water partition coefficient (Wildman–Crippen LogP) is 2.96. The first kappa shape index (κ1) is 11.7. The van der Waals surface area contributed by atoms with Crippen molar-refractivity contribution in [2.24, 2.45) is 17.6 Å². The van der Waals surface area contributed by atoms with Crippen LogP contribution in [0.25, 0.3) is 0 Å². The molecule has 0 spiro atoms. The third-order valence-corrected chi connectivity index (χ3v) is 2.56. The molecule has 0 bridgehead atoms. The minimum absolute atomic E-state index is 0.780. The van der Waals surface area contributed by atoms with Crippen LogP contribution in [0.2, 0.25) is 0 Å². The Morgan fingerprint density at radius 1 is 1.25 bits per heavy atom. The Kier molecular flexibility index (Phi) is 7.17. The van der Waals surface area contributed by atoms with Crippen LogP contribution in [0.3, 0.4) is 0 Å². The van der Waals surface area contributed by atoms with Gasteiger partial charge in [-0.1, -0.05) is 19.9 Å². The molecule has 0 aromatic carbocycles. The molecule has 1 heteroatoms. The molecule has 2 N–H and O–H groups in total. The van der Waals surface area contributed by atoms with Gasteiger partial charge < -0.3 is 5.73 Å². The lowest BCUT2D eigenvalue weighted by atomic mass is 9.82. The second-order valence-corrected chi connectivity index (χ2v) is 3.25. The SMILES string of the molecule is C=CC1CCC(CN)CC1.CC. The topological polar surface area (TPSA) is 26.0 Å². The molecular formula is C11H23N. The predicted molar refractivity (Wildman–Crippen MR) is 56.0 cm³/mol. The Balaban J connectivity index is 0.000000561. The van der Waals surface area contributed by atoms with Crippen LogP contribution in [0.4, 0.5) is 0 Å². The molecule has 1 aliphatic carbocycles. The van der Waals surface area contributed by atoms with Gasteiger partial charge in [0.2, 0.25) is 0 Å². The van der Waals surface area contributed by atoms with E-state index in [4.69, 9.17) is 5.73 Å². The highest BCUT2D eigenvalue weighted by atomic mass is 14.5. The fourth-order valence-electron chi connectivity index (χ4n) is 1.66. The van der Waals surface area contributed by atoms with E-state index in [-0.39, 0.29) is 0 Å². The van der Waals surface area contributed by atoms with E-state index in [1.165, 1.54) is 25.7 Å². The maximum Gasteiger partial charge on any atom is -0.00489 e. The first-order valence-corrected chi connectivity index (χ1v) is 5.19. The summed E-state index contributed by atoms with van der Waals surface area (Å²) in [4.78, 5) is 0. The molecule has 1 saturated carbocycles. The summed E-state index contributed by atoms with van der Waals surface area (Å²) in [5, 5.41) is 0. The maximum absolute atomic E-state index is 5.56. The summed E-state index contributed by atoms with van der Waals surface area (Å²) in [7, 11) is 0. The molecule has 0 amide bonds. The molecule has 1 rings (SSSR count). The number of allylic oxidation sites excluding steroid dienone is 1. The molecule has 1 fully saturated rings. The average Bonchev–Trinajstić information content (AvgIpc) is 2.21. The number of nitrogens with two attached hydrogens (primary N) is 1. The standard InChI is InChI=1S/C9H17N.C2H6/c1-2-8-3-5-9(7-10)6-4-8;1-2/h2,8-9H,1,3-7,10H2;1-2H3. The lowest BCUT2D eigenvalue weighted by molar-refractivity contribution is 0.317. The van der Waals surface area contributed by atoms with Crippen molar-refractivity contribution in [2.75, 3.05) is 6.54 Å². The molecule has 0 aromatic rings. The number of rotatable bonds is 2.